The lowest BCUT2D eigenvalue weighted by Gasteiger charge is -2.11. The van der Waals surface area contributed by atoms with Gasteiger partial charge in [-0.1, -0.05) is 6.07 Å². The van der Waals surface area contributed by atoms with Crippen LogP contribution in [0.1, 0.15) is 18.5 Å². The van der Waals surface area contributed by atoms with Gasteiger partial charge in [-0.05, 0) is 36.8 Å². The Bertz CT molecular complexity index is 447. The summed E-state index contributed by atoms with van der Waals surface area (Å²) >= 11 is 0. The number of aromatic nitrogens is 1. The first-order valence-electron chi connectivity index (χ1n) is 4.87. The summed E-state index contributed by atoms with van der Waals surface area (Å²) in [5.74, 6) is -0.246. The van der Waals surface area contributed by atoms with Gasteiger partial charge in [-0.2, -0.15) is 0 Å². The van der Waals surface area contributed by atoms with Crippen molar-refractivity contribution in [3.8, 4) is 11.3 Å². The zero-order chi connectivity index (χ0) is 10.8. The number of hydrogen-bond donors (Lipinski definition) is 2. The zero-order valence-electron chi connectivity index (χ0n) is 8.50. The van der Waals surface area contributed by atoms with Crippen LogP contribution >= 0.6 is 0 Å². The standard InChI is InChI=1S/C12H13FN2/c1-8(14)10-5-4-9(13)7-11(10)12-3-2-6-15-12/h2-8,15H,14H2,1H3. The van der Waals surface area contributed by atoms with E-state index in [1.165, 1.54) is 12.1 Å². The zero-order valence-corrected chi connectivity index (χ0v) is 8.50. The quantitative estimate of drug-likeness (QED) is 0.776. The molecule has 0 saturated carbocycles. The molecule has 3 N–H and O–H groups in total. The fourth-order valence-electron chi connectivity index (χ4n) is 1.66. The highest BCUT2D eigenvalue weighted by molar-refractivity contribution is 5.64. The van der Waals surface area contributed by atoms with Gasteiger partial charge < -0.3 is 10.7 Å². The van der Waals surface area contributed by atoms with Crippen molar-refractivity contribution in [2.75, 3.05) is 0 Å². The molecule has 2 aromatic rings. The van der Waals surface area contributed by atoms with E-state index < -0.39 is 0 Å². The molecule has 0 fully saturated rings. The molecule has 2 nitrogen and oxygen atoms in total. The van der Waals surface area contributed by atoms with E-state index in [9.17, 15) is 4.39 Å². The highest BCUT2D eigenvalue weighted by atomic mass is 19.1. The van der Waals surface area contributed by atoms with Gasteiger partial charge in [0.25, 0.3) is 0 Å². The maximum atomic E-state index is 13.1. The van der Waals surface area contributed by atoms with E-state index in [0.29, 0.717) is 0 Å². The van der Waals surface area contributed by atoms with E-state index in [0.717, 1.165) is 16.8 Å². The van der Waals surface area contributed by atoms with Crippen molar-refractivity contribution in [1.82, 2.24) is 4.98 Å². The van der Waals surface area contributed by atoms with E-state index in [2.05, 4.69) is 4.98 Å². The summed E-state index contributed by atoms with van der Waals surface area (Å²) in [5, 5.41) is 0. The second-order valence-electron chi connectivity index (χ2n) is 3.60. The molecule has 2 rings (SSSR count). The topological polar surface area (TPSA) is 41.8 Å². The van der Waals surface area contributed by atoms with Crippen LogP contribution in [0.5, 0.6) is 0 Å². The molecule has 0 aliphatic rings. The van der Waals surface area contributed by atoms with E-state index in [-0.39, 0.29) is 11.9 Å². The molecule has 1 heterocycles. The van der Waals surface area contributed by atoms with Crippen LogP contribution in [0, 0.1) is 5.82 Å². The van der Waals surface area contributed by atoms with Gasteiger partial charge in [0, 0.05) is 23.5 Å². The third kappa shape index (κ3) is 1.92. The molecular formula is C12H13FN2. The monoisotopic (exact) mass is 204 g/mol. The van der Waals surface area contributed by atoms with Gasteiger partial charge in [0.15, 0.2) is 0 Å². The second-order valence-corrected chi connectivity index (χ2v) is 3.60. The molecule has 1 atom stereocenters. The average Bonchev–Trinajstić information content (AvgIpc) is 2.69. The molecule has 0 radical (unpaired) electrons. The van der Waals surface area contributed by atoms with Gasteiger partial charge in [-0.25, -0.2) is 4.39 Å². The normalized spacial score (nSPS) is 12.7. The first-order chi connectivity index (χ1) is 7.18. The molecule has 0 saturated heterocycles. The number of nitrogens with one attached hydrogen (secondary N) is 1. The summed E-state index contributed by atoms with van der Waals surface area (Å²) in [5.41, 5.74) is 8.50. The molecule has 0 amide bonds. The van der Waals surface area contributed by atoms with Crippen LogP contribution in [0.15, 0.2) is 36.5 Å². The van der Waals surface area contributed by atoms with Crippen molar-refractivity contribution in [3.05, 3.63) is 47.9 Å². The van der Waals surface area contributed by atoms with Gasteiger partial charge in [0.1, 0.15) is 5.82 Å². The number of H-pyrrole nitrogens is 1. The molecular weight excluding hydrogens is 191 g/mol. The van der Waals surface area contributed by atoms with Crippen LogP contribution in [-0.4, -0.2) is 4.98 Å². The fraction of sp³-hybridized carbons (Fsp3) is 0.167. The Morgan fingerprint density at radius 3 is 2.73 bits per heavy atom. The van der Waals surface area contributed by atoms with Crippen molar-refractivity contribution in [2.45, 2.75) is 13.0 Å². The predicted octanol–water partition coefficient (Wildman–Crippen LogP) is 2.84. The molecule has 1 aromatic heterocycles. The van der Waals surface area contributed by atoms with Crippen molar-refractivity contribution < 1.29 is 4.39 Å². The van der Waals surface area contributed by atoms with Gasteiger partial charge in [0.2, 0.25) is 0 Å². The van der Waals surface area contributed by atoms with Crippen LogP contribution in [0.3, 0.4) is 0 Å². The van der Waals surface area contributed by atoms with Gasteiger partial charge in [-0.15, -0.1) is 0 Å². The summed E-state index contributed by atoms with van der Waals surface area (Å²) in [6.07, 6.45) is 1.81. The molecule has 0 aliphatic carbocycles. The highest BCUT2D eigenvalue weighted by Gasteiger charge is 2.10. The number of benzene rings is 1. The van der Waals surface area contributed by atoms with Gasteiger partial charge in [-0.3, -0.25) is 0 Å². The Hall–Kier alpha value is -1.61. The van der Waals surface area contributed by atoms with Crippen molar-refractivity contribution in [3.63, 3.8) is 0 Å². The molecule has 1 aromatic carbocycles. The Morgan fingerprint density at radius 2 is 2.13 bits per heavy atom. The van der Waals surface area contributed by atoms with E-state index in [1.807, 2.05) is 25.3 Å². The van der Waals surface area contributed by atoms with Crippen molar-refractivity contribution in [1.29, 1.82) is 0 Å². The van der Waals surface area contributed by atoms with Crippen LogP contribution in [-0.2, 0) is 0 Å². The van der Waals surface area contributed by atoms with E-state index >= 15 is 0 Å². The summed E-state index contributed by atoms with van der Waals surface area (Å²) in [7, 11) is 0. The van der Waals surface area contributed by atoms with Crippen LogP contribution in [0.2, 0.25) is 0 Å². The minimum absolute atomic E-state index is 0.108. The van der Waals surface area contributed by atoms with Crippen molar-refractivity contribution in [2.24, 2.45) is 5.73 Å². The highest BCUT2D eigenvalue weighted by Crippen LogP contribution is 2.26. The van der Waals surface area contributed by atoms with Crippen LogP contribution < -0.4 is 5.73 Å². The summed E-state index contributed by atoms with van der Waals surface area (Å²) in [6.45, 7) is 1.89. The average molecular weight is 204 g/mol. The number of halogens is 1. The molecule has 1 unspecified atom stereocenters. The Kier molecular flexibility index (Phi) is 2.56. The number of rotatable bonds is 2. The molecule has 78 valence electrons. The summed E-state index contributed by atoms with van der Waals surface area (Å²) in [4.78, 5) is 3.05. The van der Waals surface area contributed by atoms with Crippen molar-refractivity contribution >= 4 is 0 Å². The number of nitrogens with two attached hydrogens (primary N) is 1. The van der Waals surface area contributed by atoms with E-state index in [1.54, 1.807) is 6.07 Å². The lowest BCUT2D eigenvalue weighted by molar-refractivity contribution is 0.626. The molecule has 0 spiro atoms. The molecule has 0 aliphatic heterocycles. The second kappa shape index (κ2) is 3.87. The smallest absolute Gasteiger partial charge is 0.123 e. The Morgan fingerprint density at radius 1 is 1.33 bits per heavy atom. The Balaban J connectivity index is 2.58. The maximum Gasteiger partial charge on any atom is 0.123 e. The molecule has 15 heavy (non-hydrogen) atoms. The summed E-state index contributed by atoms with van der Waals surface area (Å²) < 4.78 is 13.1. The van der Waals surface area contributed by atoms with Crippen LogP contribution in [0.25, 0.3) is 11.3 Å². The van der Waals surface area contributed by atoms with Gasteiger partial charge in [0.05, 0.1) is 0 Å². The fourth-order valence-corrected chi connectivity index (χ4v) is 1.66. The Labute approximate surface area is 87.9 Å². The maximum absolute atomic E-state index is 13.1. The number of hydrogen-bond acceptors (Lipinski definition) is 1. The first-order valence-corrected chi connectivity index (χ1v) is 4.87. The lowest BCUT2D eigenvalue weighted by Crippen LogP contribution is -2.07. The largest absolute Gasteiger partial charge is 0.361 e. The minimum atomic E-state index is -0.246. The molecule has 0 bridgehead atoms. The van der Waals surface area contributed by atoms with E-state index in [4.69, 9.17) is 5.73 Å². The number of aromatic amines is 1. The first kappa shape index (κ1) is 9.93. The van der Waals surface area contributed by atoms with Crippen LogP contribution in [0.4, 0.5) is 4.39 Å². The third-order valence-electron chi connectivity index (χ3n) is 2.39. The SMILES string of the molecule is CC(N)c1ccc(F)cc1-c1ccc[nH]1. The summed E-state index contributed by atoms with van der Waals surface area (Å²) in [6, 6.07) is 8.35. The lowest BCUT2D eigenvalue weighted by atomic mass is 9.99. The third-order valence-corrected chi connectivity index (χ3v) is 2.39. The minimum Gasteiger partial charge on any atom is -0.361 e. The molecule has 3 heteroatoms. The van der Waals surface area contributed by atoms with Gasteiger partial charge >= 0.3 is 0 Å². The predicted molar refractivity (Wildman–Crippen MR) is 58.8 cm³/mol.